The molecule has 3 rings (SSSR count). The normalized spacial score (nSPS) is 25.5. The van der Waals surface area contributed by atoms with E-state index < -0.39 is 0 Å². The van der Waals surface area contributed by atoms with Gasteiger partial charge in [-0.25, -0.2) is 9.18 Å². The van der Waals surface area contributed by atoms with Crippen LogP contribution in [0, 0.1) is 5.82 Å². The van der Waals surface area contributed by atoms with E-state index in [0.717, 1.165) is 24.3 Å². The molecule has 2 atom stereocenters. The maximum absolute atomic E-state index is 12.7. The summed E-state index contributed by atoms with van der Waals surface area (Å²) in [5.41, 5.74) is 0.920. The molecule has 0 saturated carbocycles. The number of likely N-dealkylation sites (tertiary alicyclic amines) is 1. The Morgan fingerprint density at radius 2 is 2.22 bits per heavy atom. The molecule has 96 valence electrons. The molecule has 2 heterocycles. The summed E-state index contributed by atoms with van der Waals surface area (Å²) in [6, 6.07) is 6.63. The van der Waals surface area contributed by atoms with Crippen molar-refractivity contribution in [3.8, 4) is 0 Å². The van der Waals surface area contributed by atoms with Gasteiger partial charge in [0.1, 0.15) is 5.82 Å². The number of carbonyl (C=O) groups is 1. The molecule has 2 saturated heterocycles. The summed E-state index contributed by atoms with van der Waals surface area (Å²) in [7, 11) is 0. The Bertz CT molecular complexity index is 451. The van der Waals surface area contributed by atoms with E-state index in [0.29, 0.717) is 17.8 Å². The molecule has 2 unspecified atom stereocenters. The second kappa shape index (κ2) is 4.80. The number of carbonyl (C=O) groups excluding carboxylic acids is 1. The van der Waals surface area contributed by atoms with Gasteiger partial charge in [-0.05, 0) is 24.1 Å². The maximum Gasteiger partial charge on any atom is 0.317 e. The summed E-state index contributed by atoms with van der Waals surface area (Å²) in [5, 5.41) is 3.53. The monoisotopic (exact) mass is 266 g/mol. The van der Waals surface area contributed by atoms with Crippen molar-refractivity contribution in [3.63, 3.8) is 0 Å². The molecule has 5 heteroatoms. The topological polar surface area (TPSA) is 32.3 Å². The van der Waals surface area contributed by atoms with E-state index in [1.54, 1.807) is 12.1 Å². The number of fused-ring (bicyclic) bond motifs is 2. The van der Waals surface area contributed by atoms with Gasteiger partial charge in [0.25, 0.3) is 0 Å². The molecule has 1 aromatic rings. The fourth-order valence-electron chi connectivity index (χ4n) is 2.53. The van der Waals surface area contributed by atoms with Crippen LogP contribution in [0.1, 0.15) is 12.0 Å². The molecule has 1 N–H and O–H groups in total. The third kappa shape index (κ3) is 2.32. The summed E-state index contributed by atoms with van der Waals surface area (Å²) in [6.07, 6.45) is 1.13. The fraction of sp³-hybridized carbons (Fsp3) is 0.462. The van der Waals surface area contributed by atoms with Crippen LogP contribution in [0.4, 0.5) is 9.18 Å². The van der Waals surface area contributed by atoms with Crippen LogP contribution in [0.5, 0.6) is 0 Å². The van der Waals surface area contributed by atoms with Crippen molar-refractivity contribution in [1.29, 1.82) is 0 Å². The van der Waals surface area contributed by atoms with E-state index >= 15 is 0 Å². The first-order valence-electron chi connectivity index (χ1n) is 6.13. The highest BCUT2D eigenvalue weighted by molar-refractivity contribution is 8.00. The summed E-state index contributed by atoms with van der Waals surface area (Å²) in [4.78, 5) is 13.9. The summed E-state index contributed by atoms with van der Waals surface area (Å²) in [6.45, 7) is 1.32. The number of nitrogens with one attached hydrogen (secondary N) is 1. The van der Waals surface area contributed by atoms with Crippen molar-refractivity contribution in [2.45, 2.75) is 24.3 Å². The number of urea groups is 1. The predicted molar refractivity (Wildman–Crippen MR) is 70.0 cm³/mol. The molecule has 2 bridgehead atoms. The molecule has 2 aliphatic heterocycles. The second-order valence-corrected chi connectivity index (χ2v) is 6.12. The minimum atomic E-state index is -0.251. The molecule has 2 aliphatic rings. The minimum absolute atomic E-state index is 0.00660. The number of rotatable bonds is 2. The fourth-order valence-corrected chi connectivity index (χ4v) is 3.96. The van der Waals surface area contributed by atoms with Gasteiger partial charge in [-0.1, -0.05) is 12.1 Å². The van der Waals surface area contributed by atoms with Crippen LogP contribution >= 0.6 is 11.8 Å². The number of nitrogens with zero attached hydrogens (tertiary/aromatic N) is 1. The van der Waals surface area contributed by atoms with Crippen molar-refractivity contribution in [1.82, 2.24) is 10.2 Å². The quantitative estimate of drug-likeness (QED) is 0.890. The summed E-state index contributed by atoms with van der Waals surface area (Å²) < 4.78 is 12.7. The first-order chi connectivity index (χ1) is 8.72. The van der Waals surface area contributed by atoms with Gasteiger partial charge in [-0.15, -0.1) is 0 Å². The van der Waals surface area contributed by atoms with Crippen molar-refractivity contribution >= 4 is 17.8 Å². The van der Waals surface area contributed by atoms with E-state index in [4.69, 9.17) is 0 Å². The smallest absolute Gasteiger partial charge is 0.317 e. The van der Waals surface area contributed by atoms with Gasteiger partial charge in [0.15, 0.2) is 0 Å². The minimum Gasteiger partial charge on any atom is -0.334 e. The number of thioether (sulfide) groups is 1. The lowest BCUT2D eigenvalue weighted by Crippen LogP contribution is -2.45. The van der Waals surface area contributed by atoms with E-state index in [2.05, 4.69) is 5.32 Å². The lowest BCUT2D eigenvalue weighted by atomic mass is 10.2. The Balaban J connectivity index is 1.54. The Kier molecular flexibility index (Phi) is 3.16. The van der Waals surface area contributed by atoms with Crippen LogP contribution in [0.15, 0.2) is 24.3 Å². The molecule has 0 spiro atoms. The third-order valence-corrected chi connectivity index (χ3v) is 4.91. The molecule has 1 aromatic carbocycles. The van der Waals surface area contributed by atoms with Gasteiger partial charge in [0, 0.05) is 30.1 Å². The van der Waals surface area contributed by atoms with E-state index in [1.165, 1.54) is 12.1 Å². The first kappa shape index (κ1) is 11.8. The highest BCUT2D eigenvalue weighted by Crippen LogP contribution is 2.37. The number of hydrogen-bond acceptors (Lipinski definition) is 2. The van der Waals surface area contributed by atoms with Gasteiger partial charge < -0.3 is 10.2 Å². The van der Waals surface area contributed by atoms with Gasteiger partial charge in [0.2, 0.25) is 0 Å². The second-order valence-electron chi connectivity index (χ2n) is 4.78. The van der Waals surface area contributed by atoms with Crippen molar-refractivity contribution in [3.05, 3.63) is 35.6 Å². The van der Waals surface area contributed by atoms with Crippen LogP contribution in [-0.4, -0.2) is 34.5 Å². The molecule has 3 nitrogen and oxygen atoms in total. The van der Waals surface area contributed by atoms with Crippen molar-refractivity contribution in [2.75, 3.05) is 12.3 Å². The van der Waals surface area contributed by atoms with E-state index in [9.17, 15) is 9.18 Å². The molecule has 0 aliphatic carbocycles. The van der Waals surface area contributed by atoms with Gasteiger partial charge in [0.05, 0.1) is 0 Å². The van der Waals surface area contributed by atoms with Crippen LogP contribution in [0.25, 0.3) is 0 Å². The Hall–Kier alpha value is -1.23. The molecule has 2 amide bonds. The molecule has 2 fully saturated rings. The summed E-state index contributed by atoms with van der Waals surface area (Å²) in [5.74, 6) is 0.813. The molecular weight excluding hydrogens is 251 g/mol. The maximum atomic E-state index is 12.7. The zero-order valence-corrected chi connectivity index (χ0v) is 10.8. The van der Waals surface area contributed by atoms with E-state index in [-0.39, 0.29) is 11.8 Å². The molecule has 0 radical (unpaired) electrons. The van der Waals surface area contributed by atoms with Crippen LogP contribution in [-0.2, 0) is 6.54 Å². The average molecular weight is 266 g/mol. The first-order valence-corrected chi connectivity index (χ1v) is 7.18. The van der Waals surface area contributed by atoms with Crippen LogP contribution in [0.2, 0.25) is 0 Å². The molecule has 0 aromatic heterocycles. The Morgan fingerprint density at radius 3 is 2.83 bits per heavy atom. The van der Waals surface area contributed by atoms with Crippen LogP contribution in [0.3, 0.4) is 0 Å². The average Bonchev–Trinajstić information content (AvgIpc) is 3.00. The van der Waals surface area contributed by atoms with Gasteiger partial charge in [-0.3, -0.25) is 0 Å². The number of halogens is 1. The van der Waals surface area contributed by atoms with Gasteiger partial charge >= 0.3 is 6.03 Å². The van der Waals surface area contributed by atoms with Crippen molar-refractivity contribution in [2.24, 2.45) is 0 Å². The third-order valence-electron chi connectivity index (χ3n) is 3.52. The molecular formula is C13H15FN2OS. The summed E-state index contributed by atoms with van der Waals surface area (Å²) >= 11 is 1.97. The van der Waals surface area contributed by atoms with Crippen molar-refractivity contribution < 1.29 is 9.18 Å². The van der Waals surface area contributed by atoms with Gasteiger partial charge in [-0.2, -0.15) is 11.8 Å². The Morgan fingerprint density at radius 1 is 1.44 bits per heavy atom. The molecule has 18 heavy (non-hydrogen) atoms. The zero-order valence-electron chi connectivity index (χ0n) is 9.93. The number of amides is 2. The standard InChI is InChI=1S/C13H15FN2OS/c14-10-3-1-9(2-4-10)6-15-13(17)16-7-12-5-11(16)8-18-12/h1-4,11-12H,5-8H2,(H,15,17). The highest BCUT2D eigenvalue weighted by atomic mass is 32.2. The largest absolute Gasteiger partial charge is 0.334 e. The SMILES string of the molecule is O=C(NCc1ccc(F)cc1)N1CC2CC1CS2. The lowest BCUT2D eigenvalue weighted by Gasteiger charge is -2.26. The zero-order chi connectivity index (χ0) is 12.5. The van der Waals surface area contributed by atoms with Crippen LogP contribution < -0.4 is 5.32 Å². The Labute approximate surface area is 110 Å². The highest BCUT2D eigenvalue weighted by Gasteiger charge is 2.40. The van der Waals surface area contributed by atoms with E-state index in [1.807, 2.05) is 16.7 Å². The number of benzene rings is 1. The predicted octanol–water partition coefficient (Wildman–Crippen LogP) is 2.23. The number of hydrogen-bond donors (Lipinski definition) is 1. The lowest BCUT2D eigenvalue weighted by molar-refractivity contribution is 0.195.